The maximum absolute atomic E-state index is 6.20. The van der Waals surface area contributed by atoms with Crippen LogP contribution in [0.15, 0.2) is 192 Å². The lowest BCUT2D eigenvalue weighted by Crippen LogP contribution is -2.00. The van der Waals surface area contributed by atoms with Crippen molar-refractivity contribution in [2.75, 3.05) is 0 Å². The van der Waals surface area contributed by atoms with Crippen molar-refractivity contribution in [3.05, 3.63) is 188 Å². The van der Waals surface area contributed by atoms with Gasteiger partial charge in [0.15, 0.2) is 17.5 Å². The van der Waals surface area contributed by atoms with Gasteiger partial charge in [-0.3, -0.25) is 0 Å². The van der Waals surface area contributed by atoms with Crippen LogP contribution in [-0.4, -0.2) is 15.0 Å². The molecule has 0 fully saturated rings. The average Bonchev–Trinajstić information content (AvgIpc) is 3.84. The number of aromatic nitrogens is 3. The number of nitrogens with zero attached hydrogens (tertiary/aromatic N) is 3. The molecule has 0 aliphatic heterocycles. The fourth-order valence-corrected chi connectivity index (χ4v) is 8.81. The summed E-state index contributed by atoms with van der Waals surface area (Å²) >= 11 is 1.80. The predicted molar refractivity (Wildman–Crippen MR) is 233 cm³/mol. The summed E-state index contributed by atoms with van der Waals surface area (Å²) in [7, 11) is 0. The zero-order valence-electron chi connectivity index (χ0n) is 30.1. The van der Waals surface area contributed by atoms with Crippen molar-refractivity contribution in [2.24, 2.45) is 0 Å². The van der Waals surface area contributed by atoms with Gasteiger partial charge in [0.25, 0.3) is 0 Å². The molecule has 4 nitrogen and oxygen atoms in total. The van der Waals surface area contributed by atoms with Crippen molar-refractivity contribution in [3.8, 4) is 67.5 Å². The highest BCUT2D eigenvalue weighted by Crippen LogP contribution is 2.37. The van der Waals surface area contributed by atoms with Crippen molar-refractivity contribution in [3.63, 3.8) is 0 Å². The second-order valence-electron chi connectivity index (χ2n) is 14.0. The van der Waals surface area contributed by atoms with Crippen LogP contribution in [0.2, 0.25) is 0 Å². The first-order chi connectivity index (χ1) is 27.7. The van der Waals surface area contributed by atoms with E-state index < -0.39 is 0 Å². The van der Waals surface area contributed by atoms with Crippen LogP contribution in [0.3, 0.4) is 0 Å². The molecule has 0 N–H and O–H groups in total. The summed E-state index contributed by atoms with van der Waals surface area (Å²) in [6.45, 7) is 0. The molecule has 0 aliphatic carbocycles. The molecular formula is C51H31N3OS. The molecule has 3 aromatic heterocycles. The van der Waals surface area contributed by atoms with Crippen LogP contribution in [0.1, 0.15) is 0 Å². The molecule has 0 atom stereocenters. The Morgan fingerprint density at radius 1 is 0.286 bits per heavy atom. The fourth-order valence-electron chi connectivity index (χ4n) is 7.67. The fraction of sp³-hybridized carbons (Fsp3) is 0. The smallest absolute Gasteiger partial charge is 0.164 e. The summed E-state index contributed by atoms with van der Waals surface area (Å²) in [6.07, 6.45) is 0. The summed E-state index contributed by atoms with van der Waals surface area (Å²) in [5.74, 6) is 1.92. The van der Waals surface area contributed by atoms with E-state index in [0.717, 1.165) is 66.4 Å². The Balaban J connectivity index is 0.962. The zero-order chi connectivity index (χ0) is 37.0. The predicted octanol–water partition coefficient (Wildman–Crippen LogP) is 14.1. The van der Waals surface area contributed by atoms with E-state index in [9.17, 15) is 0 Å². The van der Waals surface area contributed by atoms with Crippen molar-refractivity contribution < 1.29 is 4.42 Å². The number of hydrogen-bond acceptors (Lipinski definition) is 5. The topological polar surface area (TPSA) is 51.8 Å². The summed E-state index contributed by atoms with van der Waals surface area (Å²) in [5.41, 5.74) is 11.4. The number of para-hydroxylation sites is 1. The first-order valence-corrected chi connectivity index (χ1v) is 19.5. The normalized spacial score (nSPS) is 11.6. The van der Waals surface area contributed by atoms with Gasteiger partial charge in [0.1, 0.15) is 11.2 Å². The number of thiophene rings is 1. The molecule has 0 bridgehead atoms. The molecule has 11 aromatic rings. The summed E-state index contributed by atoms with van der Waals surface area (Å²) in [4.78, 5) is 15.2. The third-order valence-electron chi connectivity index (χ3n) is 10.6. The van der Waals surface area contributed by atoms with E-state index in [-0.39, 0.29) is 0 Å². The summed E-state index contributed by atoms with van der Waals surface area (Å²) < 4.78 is 8.68. The van der Waals surface area contributed by atoms with Gasteiger partial charge in [0.05, 0.1) is 0 Å². The van der Waals surface area contributed by atoms with Gasteiger partial charge in [-0.15, -0.1) is 11.3 Å². The Bertz CT molecular complexity index is 3240. The van der Waals surface area contributed by atoms with Crippen LogP contribution in [0, 0.1) is 0 Å². The van der Waals surface area contributed by atoms with E-state index in [1.165, 1.54) is 25.7 Å². The van der Waals surface area contributed by atoms with Crippen LogP contribution >= 0.6 is 11.3 Å². The van der Waals surface area contributed by atoms with Crippen molar-refractivity contribution in [1.82, 2.24) is 15.0 Å². The highest BCUT2D eigenvalue weighted by atomic mass is 32.1. The molecule has 0 radical (unpaired) electrons. The molecule has 8 aromatic carbocycles. The van der Waals surface area contributed by atoms with E-state index in [4.69, 9.17) is 19.4 Å². The molecule has 56 heavy (non-hydrogen) atoms. The van der Waals surface area contributed by atoms with Gasteiger partial charge in [-0.25, -0.2) is 15.0 Å². The molecule has 0 spiro atoms. The van der Waals surface area contributed by atoms with Gasteiger partial charge >= 0.3 is 0 Å². The maximum atomic E-state index is 6.20. The van der Waals surface area contributed by atoms with E-state index in [1.54, 1.807) is 11.3 Å². The van der Waals surface area contributed by atoms with Crippen molar-refractivity contribution in [1.29, 1.82) is 0 Å². The first-order valence-electron chi connectivity index (χ1n) is 18.7. The Labute approximate surface area is 327 Å². The van der Waals surface area contributed by atoms with Crippen molar-refractivity contribution in [2.45, 2.75) is 0 Å². The Morgan fingerprint density at radius 3 is 1.50 bits per heavy atom. The lowest BCUT2D eigenvalue weighted by atomic mass is 9.97. The third kappa shape index (κ3) is 5.74. The van der Waals surface area contributed by atoms with Crippen LogP contribution in [0.25, 0.3) is 110 Å². The lowest BCUT2D eigenvalue weighted by molar-refractivity contribution is 0.669. The van der Waals surface area contributed by atoms with Gasteiger partial charge in [-0.05, 0) is 69.8 Å². The van der Waals surface area contributed by atoms with Gasteiger partial charge in [-0.2, -0.15) is 0 Å². The molecule has 0 unspecified atom stereocenters. The SMILES string of the molecule is c1ccc(-c2ccc(-c3nc(-c4ccc(-c5cccc(-c6ccc7c(c6)oc6ccccc67)c5)cc4)nc(-c4ccc5c(c4)sc4ccccc45)n3)cc2)cc1. The first kappa shape index (κ1) is 32.2. The van der Waals surface area contributed by atoms with Crippen LogP contribution < -0.4 is 0 Å². The Morgan fingerprint density at radius 2 is 0.750 bits per heavy atom. The van der Waals surface area contributed by atoms with E-state index in [1.807, 2.05) is 18.2 Å². The molecule has 0 saturated heterocycles. The largest absolute Gasteiger partial charge is 0.456 e. The van der Waals surface area contributed by atoms with Gasteiger partial charge < -0.3 is 4.42 Å². The van der Waals surface area contributed by atoms with E-state index in [2.05, 4.69) is 170 Å². The molecule has 0 amide bonds. The second-order valence-corrected chi connectivity index (χ2v) is 15.1. The molecular weight excluding hydrogens is 703 g/mol. The number of hydrogen-bond donors (Lipinski definition) is 0. The van der Waals surface area contributed by atoms with Gasteiger partial charge in [0, 0.05) is 47.6 Å². The average molecular weight is 734 g/mol. The molecule has 5 heteroatoms. The highest BCUT2D eigenvalue weighted by molar-refractivity contribution is 7.25. The summed E-state index contributed by atoms with van der Waals surface area (Å²) in [5, 5.41) is 4.78. The molecule has 0 aliphatic rings. The van der Waals surface area contributed by atoms with Gasteiger partial charge in [-0.1, -0.05) is 152 Å². The lowest BCUT2D eigenvalue weighted by Gasteiger charge is -2.10. The third-order valence-corrected chi connectivity index (χ3v) is 11.7. The van der Waals surface area contributed by atoms with Crippen LogP contribution in [-0.2, 0) is 0 Å². The Kier molecular flexibility index (Phi) is 7.64. The number of rotatable bonds is 6. The quantitative estimate of drug-likeness (QED) is 0.171. The van der Waals surface area contributed by atoms with E-state index >= 15 is 0 Å². The monoisotopic (exact) mass is 733 g/mol. The maximum Gasteiger partial charge on any atom is 0.164 e. The molecule has 11 rings (SSSR count). The minimum absolute atomic E-state index is 0.632. The second kappa shape index (κ2) is 13.3. The number of fused-ring (bicyclic) bond motifs is 6. The standard InChI is InChI=1S/C51H31N3OS/c1-2-9-32(10-3-1)33-17-21-35(22-18-33)49-52-50(54-51(53-49)40-26-28-44-43-14-5-7-16-47(43)56-48(44)31-40)36-23-19-34(20-24-36)37-11-8-12-38(29-37)39-25-27-42-41-13-4-6-15-45(41)55-46(42)30-39/h1-31H. The van der Waals surface area contributed by atoms with Gasteiger partial charge in [0.2, 0.25) is 0 Å². The van der Waals surface area contributed by atoms with Crippen LogP contribution in [0.5, 0.6) is 0 Å². The number of benzene rings is 8. The molecule has 262 valence electrons. The molecule has 0 saturated carbocycles. The number of furan rings is 1. The van der Waals surface area contributed by atoms with E-state index in [0.29, 0.717) is 17.5 Å². The highest BCUT2D eigenvalue weighted by Gasteiger charge is 2.15. The minimum atomic E-state index is 0.632. The summed E-state index contributed by atoms with van der Waals surface area (Å²) in [6, 6.07) is 65.8. The minimum Gasteiger partial charge on any atom is -0.456 e. The molecule has 3 heterocycles. The zero-order valence-corrected chi connectivity index (χ0v) is 30.9. The van der Waals surface area contributed by atoms with Crippen LogP contribution in [0.4, 0.5) is 0 Å². The van der Waals surface area contributed by atoms with Crippen molar-refractivity contribution >= 4 is 53.4 Å². The Hall–Kier alpha value is -7.21.